The Kier molecular flexibility index (Phi) is 4.79. The maximum Gasteiger partial charge on any atom is 0.192 e. The average Bonchev–Trinajstić information content (AvgIpc) is 2.91. The lowest BCUT2D eigenvalue weighted by atomic mass is 10.1. The van der Waals surface area contributed by atoms with E-state index in [1.165, 1.54) is 11.1 Å². The van der Waals surface area contributed by atoms with E-state index in [1.807, 2.05) is 16.7 Å². The molecule has 0 amide bonds. The van der Waals surface area contributed by atoms with Crippen LogP contribution in [0.4, 0.5) is 0 Å². The van der Waals surface area contributed by atoms with Crippen LogP contribution in [0.2, 0.25) is 23.3 Å². The molecule has 0 saturated heterocycles. The van der Waals surface area contributed by atoms with Crippen LogP contribution in [0, 0.1) is 0 Å². The fraction of sp³-hybridized carbons (Fsp3) is 0.350. The van der Waals surface area contributed by atoms with Gasteiger partial charge in [-0.1, -0.05) is 50.6 Å². The molecule has 0 fully saturated rings. The maximum absolute atomic E-state index is 6.35. The van der Waals surface area contributed by atoms with Gasteiger partial charge in [-0.05, 0) is 53.0 Å². The van der Waals surface area contributed by atoms with E-state index in [2.05, 4.69) is 75.4 Å². The number of aromatic nitrogens is 2. The zero-order valence-corrected chi connectivity index (χ0v) is 17.3. The summed E-state index contributed by atoms with van der Waals surface area (Å²) in [6.45, 7) is 12.0. The van der Waals surface area contributed by atoms with Gasteiger partial charge < -0.3 is 8.83 Å². The summed E-state index contributed by atoms with van der Waals surface area (Å²) in [4.78, 5) is 4.26. The minimum atomic E-state index is -1.74. The largest absolute Gasteiger partial charge is 0.413 e. The van der Waals surface area contributed by atoms with E-state index < -0.39 is 8.32 Å². The van der Waals surface area contributed by atoms with Crippen LogP contribution >= 0.6 is 11.6 Å². The number of imidazole rings is 1. The van der Waals surface area contributed by atoms with Gasteiger partial charge in [-0.3, -0.25) is 0 Å². The third-order valence-electron chi connectivity index (χ3n) is 5.09. The van der Waals surface area contributed by atoms with E-state index in [9.17, 15) is 0 Å². The summed E-state index contributed by atoms with van der Waals surface area (Å²) < 4.78 is 8.31. The van der Waals surface area contributed by atoms with Crippen molar-refractivity contribution in [1.82, 2.24) is 9.38 Å². The van der Waals surface area contributed by atoms with Crippen molar-refractivity contribution in [3.05, 3.63) is 59.5 Å². The van der Waals surface area contributed by atoms with Crippen molar-refractivity contribution in [1.29, 1.82) is 0 Å². The molecule has 132 valence electrons. The van der Waals surface area contributed by atoms with E-state index in [0.29, 0.717) is 11.8 Å². The lowest BCUT2D eigenvalue weighted by Gasteiger charge is -2.36. The first-order chi connectivity index (χ1) is 11.7. The van der Waals surface area contributed by atoms with Crippen molar-refractivity contribution in [3.8, 4) is 11.1 Å². The summed E-state index contributed by atoms with van der Waals surface area (Å²) >= 11 is 5.98. The molecule has 0 saturated carbocycles. The highest BCUT2D eigenvalue weighted by Gasteiger charge is 2.36. The quantitative estimate of drug-likeness (QED) is 0.511. The number of pyridine rings is 1. The van der Waals surface area contributed by atoms with Crippen LogP contribution in [-0.4, -0.2) is 17.7 Å². The lowest BCUT2D eigenvalue weighted by Crippen LogP contribution is -2.40. The van der Waals surface area contributed by atoms with Gasteiger partial charge in [0.2, 0.25) is 0 Å². The minimum Gasteiger partial charge on any atom is -0.413 e. The SMILES string of the molecule is CC(C)(C)[Si](C)(C)OCc1cccc(-c2ccc3nc(Cl)cn3c2)c1. The molecule has 2 aromatic heterocycles. The van der Waals surface area contributed by atoms with Crippen molar-refractivity contribution < 1.29 is 4.43 Å². The van der Waals surface area contributed by atoms with Crippen LogP contribution in [0.25, 0.3) is 16.8 Å². The van der Waals surface area contributed by atoms with Gasteiger partial charge in [0.15, 0.2) is 8.32 Å². The van der Waals surface area contributed by atoms with Crippen LogP contribution in [0.1, 0.15) is 26.3 Å². The molecule has 0 aliphatic heterocycles. The van der Waals surface area contributed by atoms with E-state index >= 15 is 0 Å². The molecular weight excluding hydrogens is 348 g/mol. The van der Waals surface area contributed by atoms with Gasteiger partial charge in [-0.15, -0.1) is 0 Å². The molecule has 0 aliphatic rings. The zero-order valence-electron chi connectivity index (χ0n) is 15.5. The Morgan fingerprint density at radius 3 is 2.56 bits per heavy atom. The molecule has 0 spiro atoms. The number of nitrogens with zero attached hydrogens (tertiary/aromatic N) is 2. The number of hydrogen-bond donors (Lipinski definition) is 0. The summed E-state index contributed by atoms with van der Waals surface area (Å²) in [6, 6.07) is 12.6. The van der Waals surface area contributed by atoms with Crippen molar-refractivity contribution in [3.63, 3.8) is 0 Å². The lowest BCUT2D eigenvalue weighted by molar-refractivity contribution is 0.276. The predicted molar refractivity (Wildman–Crippen MR) is 108 cm³/mol. The Balaban J connectivity index is 1.83. The summed E-state index contributed by atoms with van der Waals surface area (Å²) in [6.07, 6.45) is 3.88. The van der Waals surface area contributed by atoms with Crippen LogP contribution < -0.4 is 0 Å². The predicted octanol–water partition coefficient (Wildman–Crippen LogP) is 6.18. The Bertz CT molecular complexity index is 896. The standard InChI is InChI=1S/C20H25ClN2OSi/c1-20(2,3)25(4,5)24-14-15-7-6-8-16(11-15)17-9-10-19-22-18(21)13-23(19)12-17/h6-13H,14H2,1-5H3. The van der Waals surface area contributed by atoms with Gasteiger partial charge in [0, 0.05) is 12.4 Å². The zero-order chi connectivity index (χ0) is 18.2. The molecule has 0 aliphatic carbocycles. The molecule has 25 heavy (non-hydrogen) atoms. The second kappa shape index (κ2) is 6.59. The van der Waals surface area contributed by atoms with Gasteiger partial charge in [-0.2, -0.15) is 0 Å². The molecule has 2 heterocycles. The van der Waals surface area contributed by atoms with E-state index in [0.717, 1.165) is 11.2 Å². The number of halogens is 1. The third-order valence-corrected chi connectivity index (χ3v) is 9.75. The highest BCUT2D eigenvalue weighted by atomic mass is 35.5. The smallest absolute Gasteiger partial charge is 0.192 e. The minimum absolute atomic E-state index is 0.219. The fourth-order valence-corrected chi connectivity index (χ4v) is 3.60. The monoisotopic (exact) mass is 372 g/mol. The highest BCUT2D eigenvalue weighted by Crippen LogP contribution is 2.37. The fourth-order valence-electron chi connectivity index (χ4n) is 2.45. The van der Waals surface area contributed by atoms with E-state index in [-0.39, 0.29) is 5.04 Å². The van der Waals surface area contributed by atoms with Crippen molar-refractivity contribution in [2.75, 3.05) is 0 Å². The van der Waals surface area contributed by atoms with Crippen molar-refractivity contribution in [2.45, 2.75) is 45.5 Å². The number of fused-ring (bicyclic) bond motifs is 1. The second-order valence-corrected chi connectivity index (χ2v) is 13.2. The molecule has 3 nitrogen and oxygen atoms in total. The van der Waals surface area contributed by atoms with Gasteiger partial charge in [0.05, 0.1) is 6.61 Å². The molecule has 0 unspecified atom stereocenters. The Hall–Kier alpha value is -1.62. The molecule has 3 rings (SSSR count). The van der Waals surface area contributed by atoms with Crippen molar-refractivity contribution in [2.24, 2.45) is 0 Å². The molecule has 5 heteroatoms. The normalized spacial score (nSPS) is 12.7. The number of benzene rings is 1. The summed E-state index contributed by atoms with van der Waals surface area (Å²) in [5.41, 5.74) is 4.36. The summed E-state index contributed by atoms with van der Waals surface area (Å²) in [5, 5.41) is 0.727. The summed E-state index contributed by atoms with van der Waals surface area (Å²) in [7, 11) is -1.74. The summed E-state index contributed by atoms with van der Waals surface area (Å²) in [5.74, 6) is 0. The van der Waals surface area contributed by atoms with Crippen LogP contribution in [0.5, 0.6) is 0 Å². The molecule has 0 bridgehead atoms. The van der Waals surface area contributed by atoms with Crippen LogP contribution in [0.15, 0.2) is 48.8 Å². The third kappa shape index (κ3) is 3.97. The highest BCUT2D eigenvalue weighted by molar-refractivity contribution is 6.74. The first-order valence-electron chi connectivity index (χ1n) is 8.53. The van der Waals surface area contributed by atoms with E-state index in [1.54, 1.807) is 0 Å². The second-order valence-electron chi connectivity index (χ2n) is 8.00. The van der Waals surface area contributed by atoms with Gasteiger partial charge in [-0.25, -0.2) is 4.98 Å². The van der Waals surface area contributed by atoms with Crippen LogP contribution in [-0.2, 0) is 11.0 Å². The van der Waals surface area contributed by atoms with Gasteiger partial charge in [0.1, 0.15) is 10.8 Å². The first-order valence-corrected chi connectivity index (χ1v) is 11.8. The molecule has 0 atom stereocenters. The molecular formula is C20H25ClN2OSi. The Morgan fingerprint density at radius 1 is 1.08 bits per heavy atom. The van der Waals surface area contributed by atoms with Crippen molar-refractivity contribution >= 4 is 25.6 Å². The molecule has 0 radical (unpaired) electrons. The number of hydrogen-bond acceptors (Lipinski definition) is 2. The van der Waals surface area contributed by atoms with Gasteiger partial charge in [0.25, 0.3) is 0 Å². The molecule has 1 aromatic carbocycles. The first kappa shape index (κ1) is 18.2. The van der Waals surface area contributed by atoms with E-state index in [4.69, 9.17) is 16.0 Å². The molecule has 0 N–H and O–H groups in total. The van der Waals surface area contributed by atoms with Crippen LogP contribution in [0.3, 0.4) is 0 Å². The van der Waals surface area contributed by atoms with Gasteiger partial charge >= 0.3 is 0 Å². The molecule has 3 aromatic rings. The Labute approximate surface area is 155 Å². The maximum atomic E-state index is 6.35. The topological polar surface area (TPSA) is 26.5 Å². The Morgan fingerprint density at radius 2 is 1.84 bits per heavy atom. The number of rotatable bonds is 4. The average molecular weight is 373 g/mol.